The Hall–Kier alpha value is -1.52. The summed E-state index contributed by atoms with van der Waals surface area (Å²) in [5, 5.41) is 4.13. The number of thiophene rings is 1. The van der Waals surface area contributed by atoms with Crippen molar-refractivity contribution in [2.45, 2.75) is 32.4 Å². The maximum atomic E-state index is 6.22. The van der Waals surface area contributed by atoms with Gasteiger partial charge in [0.05, 0.1) is 7.11 Å². The molecule has 0 aliphatic rings. The van der Waals surface area contributed by atoms with Crippen molar-refractivity contribution < 1.29 is 9.47 Å². The molecule has 108 valence electrons. The Bertz CT molecular complexity index is 539. The Morgan fingerprint density at radius 1 is 1.25 bits per heavy atom. The first-order valence-electron chi connectivity index (χ1n) is 6.74. The normalized spacial score (nSPS) is 13.8. The summed E-state index contributed by atoms with van der Waals surface area (Å²) in [6.45, 7) is 4.10. The standard InChI is InChI=1S/C16H21NO2S/c1-4-13(17)16(12-7-8-20-10-12)19-14-6-5-11(2)9-15(14)18-3/h5-10,13,16H,4,17H2,1-3H3. The minimum absolute atomic E-state index is 0.0457. The molecule has 2 rings (SSSR count). The molecule has 0 saturated carbocycles. The van der Waals surface area contributed by atoms with Crippen LogP contribution in [0.3, 0.4) is 0 Å². The number of aryl methyl sites for hydroxylation is 1. The van der Waals surface area contributed by atoms with Gasteiger partial charge in [0, 0.05) is 11.6 Å². The molecule has 0 fully saturated rings. The zero-order valence-corrected chi connectivity index (χ0v) is 12.9. The quantitative estimate of drug-likeness (QED) is 0.877. The van der Waals surface area contributed by atoms with E-state index >= 15 is 0 Å². The zero-order valence-electron chi connectivity index (χ0n) is 12.1. The molecule has 0 aliphatic heterocycles. The molecule has 2 unspecified atom stereocenters. The van der Waals surface area contributed by atoms with Crippen LogP contribution in [0.25, 0.3) is 0 Å². The Morgan fingerprint density at radius 2 is 2.05 bits per heavy atom. The average Bonchev–Trinajstić information content (AvgIpc) is 2.98. The summed E-state index contributed by atoms with van der Waals surface area (Å²) in [6.07, 6.45) is 0.706. The van der Waals surface area contributed by atoms with Crippen LogP contribution in [0.15, 0.2) is 35.0 Å². The minimum Gasteiger partial charge on any atom is -0.493 e. The van der Waals surface area contributed by atoms with Crippen molar-refractivity contribution in [1.29, 1.82) is 0 Å². The smallest absolute Gasteiger partial charge is 0.162 e. The highest BCUT2D eigenvalue weighted by molar-refractivity contribution is 7.07. The number of hydrogen-bond acceptors (Lipinski definition) is 4. The van der Waals surface area contributed by atoms with Gasteiger partial charge in [-0.25, -0.2) is 0 Å². The third kappa shape index (κ3) is 3.32. The topological polar surface area (TPSA) is 44.5 Å². The fraction of sp³-hybridized carbons (Fsp3) is 0.375. The predicted octanol–water partition coefficient (Wildman–Crippen LogP) is 3.92. The molecule has 0 saturated heterocycles. The predicted molar refractivity (Wildman–Crippen MR) is 83.7 cm³/mol. The highest BCUT2D eigenvalue weighted by Gasteiger charge is 2.22. The lowest BCUT2D eigenvalue weighted by Gasteiger charge is -2.24. The Labute approximate surface area is 124 Å². The number of rotatable bonds is 6. The summed E-state index contributed by atoms with van der Waals surface area (Å²) < 4.78 is 11.5. The van der Waals surface area contributed by atoms with Gasteiger partial charge in [0.1, 0.15) is 6.10 Å². The fourth-order valence-electron chi connectivity index (χ4n) is 2.06. The van der Waals surface area contributed by atoms with Gasteiger partial charge in [0.25, 0.3) is 0 Å². The number of ether oxygens (including phenoxy) is 2. The van der Waals surface area contributed by atoms with Gasteiger partial charge in [-0.3, -0.25) is 0 Å². The Balaban J connectivity index is 2.28. The van der Waals surface area contributed by atoms with Gasteiger partial charge in [-0.2, -0.15) is 11.3 Å². The van der Waals surface area contributed by atoms with E-state index in [1.54, 1.807) is 18.4 Å². The molecule has 0 amide bonds. The van der Waals surface area contributed by atoms with Gasteiger partial charge in [-0.1, -0.05) is 13.0 Å². The summed E-state index contributed by atoms with van der Waals surface area (Å²) in [7, 11) is 1.65. The van der Waals surface area contributed by atoms with Crippen molar-refractivity contribution in [2.75, 3.05) is 7.11 Å². The average molecular weight is 291 g/mol. The molecule has 2 atom stereocenters. The lowest BCUT2D eigenvalue weighted by molar-refractivity contribution is 0.165. The Morgan fingerprint density at radius 3 is 2.65 bits per heavy atom. The largest absolute Gasteiger partial charge is 0.493 e. The monoisotopic (exact) mass is 291 g/mol. The first-order chi connectivity index (χ1) is 9.65. The highest BCUT2D eigenvalue weighted by Crippen LogP contribution is 2.34. The van der Waals surface area contributed by atoms with Crippen molar-refractivity contribution >= 4 is 11.3 Å². The minimum atomic E-state index is -0.150. The van der Waals surface area contributed by atoms with Crippen LogP contribution in [0.5, 0.6) is 11.5 Å². The molecule has 2 N–H and O–H groups in total. The molecule has 1 heterocycles. The van der Waals surface area contributed by atoms with E-state index < -0.39 is 0 Å². The summed E-state index contributed by atoms with van der Waals surface area (Å²) in [5.41, 5.74) is 8.47. The number of hydrogen-bond donors (Lipinski definition) is 1. The van der Waals surface area contributed by atoms with Crippen LogP contribution in [0.1, 0.15) is 30.6 Å². The molecule has 3 nitrogen and oxygen atoms in total. The second-order valence-corrected chi connectivity index (χ2v) is 5.60. The van der Waals surface area contributed by atoms with Gasteiger partial charge in [0.2, 0.25) is 0 Å². The van der Waals surface area contributed by atoms with Crippen LogP contribution >= 0.6 is 11.3 Å². The highest BCUT2D eigenvalue weighted by atomic mass is 32.1. The molecule has 1 aromatic heterocycles. The van der Waals surface area contributed by atoms with E-state index in [9.17, 15) is 0 Å². The van der Waals surface area contributed by atoms with Crippen LogP contribution in [-0.2, 0) is 0 Å². The molecule has 0 aliphatic carbocycles. The van der Waals surface area contributed by atoms with E-state index in [4.69, 9.17) is 15.2 Å². The molecule has 2 aromatic rings. The number of nitrogens with two attached hydrogens (primary N) is 1. The van der Waals surface area contributed by atoms with Crippen molar-refractivity contribution in [3.8, 4) is 11.5 Å². The van der Waals surface area contributed by atoms with E-state index in [-0.39, 0.29) is 12.1 Å². The summed E-state index contributed by atoms with van der Waals surface area (Å²) in [4.78, 5) is 0. The van der Waals surface area contributed by atoms with E-state index in [1.165, 1.54) is 0 Å². The first-order valence-corrected chi connectivity index (χ1v) is 7.69. The van der Waals surface area contributed by atoms with E-state index in [0.717, 1.165) is 29.0 Å². The lowest BCUT2D eigenvalue weighted by atomic mass is 10.0. The molecule has 4 heteroatoms. The van der Waals surface area contributed by atoms with Crippen LogP contribution in [0.2, 0.25) is 0 Å². The van der Waals surface area contributed by atoms with Gasteiger partial charge < -0.3 is 15.2 Å². The van der Waals surface area contributed by atoms with Crippen LogP contribution in [0, 0.1) is 6.92 Å². The van der Waals surface area contributed by atoms with Crippen molar-refractivity contribution in [3.63, 3.8) is 0 Å². The van der Waals surface area contributed by atoms with E-state index in [2.05, 4.69) is 18.4 Å². The van der Waals surface area contributed by atoms with E-state index in [0.29, 0.717) is 0 Å². The lowest BCUT2D eigenvalue weighted by Crippen LogP contribution is -2.31. The van der Waals surface area contributed by atoms with Crippen LogP contribution in [0.4, 0.5) is 0 Å². The summed E-state index contributed by atoms with van der Waals surface area (Å²) >= 11 is 1.65. The summed E-state index contributed by atoms with van der Waals surface area (Å²) in [5.74, 6) is 1.48. The zero-order chi connectivity index (χ0) is 14.5. The third-order valence-corrected chi connectivity index (χ3v) is 4.01. The molecular formula is C16H21NO2S. The van der Waals surface area contributed by atoms with Gasteiger partial charge in [0.15, 0.2) is 11.5 Å². The number of methoxy groups -OCH3 is 1. The molecule has 0 spiro atoms. The number of benzene rings is 1. The van der Waals surface area contributed by atoms with Gasteiger partial charge in [-0.05, 0) is 47.9 Å². The molecule has 0 radical (unpaired) electrons. The SMILES string of the molecule is CCC(N)C(Oc1ccc(C)cc1OC)c1ccsc1. The maximum absolute atomic E-state index is 6.22. The molecule has 1 aromatic carbocycles. The van der Waals surface area contributed by atoms with Crippen molar-refractivity contribution in [3.05, 3.63) is 46.2 Å². The van der Waals surface area contributed by atoms with Crippen molar-refractivity contribution in [2.24, 2.45) is 5.73 Å². The Kier molecular flexibility index (Phi) is 5.04. The summed E-state index contributed by atoms with van der Waals surface area (Å²) in [6, 6.07) is 7.94. The van der Waals surface area contributed by atoms with Crippen molar-refractivity contribution in [1.82, 2.24) is 0 Å². The maximum Gasteiger partial charge on any atom is 0.162 e. The molecule has 20 heavy (non-hydrogen) atoms. The second-order valence-electron chi connectivity index (χ2n) is 4.82. The van der Waals surface area contributed by atoms with E-state index in [1.807, 2.05) is 30.5 Å². The van der Waals surface area contributed by atoms with Gasteiger partial charge >= 0.3 is 0 Å². The second kappa shape index (κ2) is 6.77. The van der Waals surface area contributed by atoms with Crippen LogP contribution in [-0.4, -0.2) is 13.2 Å². The third-order valence-electron chi connectivity index (χ3n) is 3.31. The fourth-order valence-corrected chi connectivity index (χ4v) is 2.75. The first kappa shape index (κ1) is 14.9. The molecule has 0 bridgehead atoms. The van der Waals surface area contributed by atoms with Crippen LogP contribution < -0.4 is 15.2 Å². The molecular weight excluding hydrogens is 270 g/mol. The van der Waals surface area contributed by atoms with Gasteiger partial charge in [-0.15, -0.1) is 0 Å².